The quantitative estimate of drug-likeness (QED) is 0.706. The first-order valence-electron chi connectivity index (χ1n) is 4.44. The summed E-state index contributed by atoms with van der Waals surface area (Å²) in [5, 5.41) is 11.1. The van der Waals surface area contributed by atoms with Crippen molar-refractivity contribution in [3.63, 3.8) is 0 Å². The van der Waals surface area contributed by atoms with Gasteiger partial charge in [-0.25, -0.2) is 0 Å². The molecule has 1 aromatic rings. The van der Waals surface area contributed by atoms with Crippen molar-refractivity contribution in [2.45, 2.75) is 13.3 Å². The molecule has 0 saturated heterocycles. The maximum absolute atomic E-state index is 4.02. The molecule has 1 aromatic heterocycles. The van der Waals surface area contributed by atoms with Gasteiger partial charge in [0.1, 0.15) is 0 Å². The highest BCUT2D eigenvalue weighted by Crippen LogP contribution is 1.98. The molecule has 0 fully saturated rings. The highest BCUT2D eigenvalue weighted by atomic mass is 15.1. The number of aryl methyl sites for hydroxylation is 1. The zero-order chi connectivity index (χ0) is 9.52. The molecular weight excluding hydrogens is 162 g/mol. The van der Waals surface area contributed by atoms with Crippen molar-refractivity contribution < 1.29 is 0 Å². The highest BCUT2D eigenvalue weighted by molar-refractivity contribution is 5.43. The first-order valence-corrected chi connectivity index (χ1v) is 4.44. The van der Waals surface area contributed by atoms with E-state index in [1.165, 1.54) is 0 Å². The van der Waals surface area contributed by atoms with E-state index in [0.717, 1.165) is 24.4 Å². The summed E-state index contributed by atoms with van der Waals surface area (Å²) in [7, 11) is 1.94. The van der Waals surface area contributed by atoms with Crippen LogP contribution in [0.2, 0.25) is 0 Å². The van der Waals surface area contributed by atoms with Crippen LogP contribution in [0.3, 0.4) is 0 Å². The van der Waals surface area contributed by atoms with Gasteiger partial charge in [0.25, 0.3) is 0 Å². The van der Waals surface area contributed by atoms with E-state index in [4.69, 9.17) is 0 Å². The summed E-state index contributed by atoms with van der Waals surface area (Å²) in [4.78, 5) is 0. The molecule has 0 aliphatic carbocycles. The average molecular weight is 177 g/mol. The number of hydrogen-bond acceptors (Lipinski definition) is 3. The Morgan fingerprint density at radius 1 is 1.38 bits per heavy atom. The van der Waals surface area contributed by atoms with Crippen LogP contribution in [-0.2, 0) is 0 Å². The van der Waals surface area contributed by atoms with Gasteiger partial charge in [-0.05, 0) is 45.1 Å². The Morgan fingerprint density at radius 3 is 2.85 bits per heavy atom. The van der Waals surface area contributed by atoms with E-state index in [1.54, 1.807) is 0 Å². The molecule has 0 unspecified atom stereocenters. The zero-order valence-electron chi connectivity index (χ0n) is 8.12. The number of hydrogen-bond donors (Lipinski definition) is 1. The summed E-state index contributed by atoms with van der Waals surface area (Å²) in [6.07, 6.45) is 5.10. The fraction of sp³-hybridized carbons (Fsp3) is 0.400. The summed E-state index contributed by atoms with van der Waals surface area (Å²) in [5.74, 6) is 0. The van der Waals surface area contributed by atoms with E-state index in [1.807, 2.05) is 32.2 Å². The van der Waals surface area contributed by atoms with Gasteiger partial charge in [0, 0.05) is 0 Å². The van der Waals surface area contributed by atoms with E-state index in [-0.39, 0.29) is 0 Å². The number of rotatable bonds is 4. The lowest BCUT2D eigenvalue weighted by Gasteiger charge is -1.93. The summed E-state index contributed by atoms with van der Waals surface area (Å²) in [6.45, 7) is 2.93. The van der Waals surface area contributed by atoms with Crippen LogP contribution in [0.15, 0.2) is 18.2 Å². The SMILES string of the molecule is CNCCC=Cc1ccc(C)nn1. The number of nitrogens with zero attached hydrogens (tertiary/aromatic N) is 2. The molecule has 0 spiro atoms. The molecule has 0 atom stereocenters. The largest absolute Gasteiger partial charge is 0.319 e. The lowest BCUT2D eigenvalue weighted by molar-refractivity contribution is 0.809. The van der Waals surface area contributed by atoms with Crippen molar-refractivity contribution in [1.29, 1.82) is 0 Å². The minimum absolute atomic E-state index is 0.918. The minimum Gasteiger partial charge on any atom is -0.319 e. The second-order valence-corrected chi connectivity index (χ2v) is 2.89. The molecule has 1 rings (SSSR count). The highest BCUT2D eigenvalue weighted by Gasteiger charge is 1.88. The standard InChI is InChI=1S/C10H15N3/c1-9-6-7-10(13-12-9)5-3-4-8-11-2/h3,5-7,11H,4,8H2,1-2H3. The van der Waals surface area contributed by atoms with Gasteiger partial charge in [0.15, 0.2) is 0 Å². The molecule has 0 radical (unpaired) electrons. The molecule has 0 aliphatic heterocycles. The van der Waals surface area contributed by atoms with Crippen LogP contribution in [0, 0.1) is 6.92 Å². The monoisotopic (exact) mass is 177 g/mol. The average Bonchev–Trinajstić information content (AvgIpc) is 2.15. The Morgan fingerprint density at radius 2 is 2.23 bits per heavy atom. The molecule has 13 heavy (non-hydrogen) atoms. The topological polar surface area (TPSA) is 37.8 Å². The molecule has 3 nitrogen and oxygen atoms in total. The Labute approximate surface area is 78.9 Å². The second kappa shape index (κ2) is 5.43. The lowest BCUT2D eigenvalue weighted by atomic mass is 10.3. The maximum Gasteiger partial charge on any atom is 0.0854 e. The summed E-state index contributed by atoms with van der Waals surface area (Å²) >= 11 is 0. The van der Waals surface area contributed by atoms with Crippen LogP contribution >= 0.6 is 0 Å². The van der Waals surface area contributed by atoms with Crippen LogP contribution in [0.25, 0.3) is 6.08 Å². The molecule has 0 bridgehead atoms. The van der Waals surface area contributed by atoms with E-state index < -0.39 is 0 Å². The fourth-order valence-electron chi connectivity index (χ4n) is 0.930. The zero-order valence-corrected chi connectivity index (χ0v) is 8.12. The van der Waals surface area contributed by atoms with Crippen molar-refractivity contribution >= 4 is 6.08 Å². The molecule has 0 amide bonds. The molecule has 3 heteroatoms. The van der Waals surface area contributed by atoms with E-state index in [9.17, 15) is 0 Å². The third-order valence-electron chi connectivity index (χ3n) is 1.67. The van der Waals surface area contributed by atoms with Gasteiger partial charge in [-0.2, -0.15) is 10.2 Å². The minimum atomic E-state index is 0.918. The van der Waals surface area contributed by atoms with Crippen molar-refractivity contribution in [3.05, 3.63) is 29.6 Å². The van der Waals surface area contributed by atoms with Crippen LogP contribution < -0.4 is 5.32 Å². The fourth-order valence-corrected chi connectivity index (χ4v) is 0.930. The van der Waals surface area contributed by atoms with E-state index in [0.29, 0.717) is 0 Å². The molecule has 1 N–H and O–H groups in total. The van der Waals surface area contributed by atoms with E-state index in [2.05, 4.69) is 21.6 Å². The predicted octanol–water partition coefficient (Wildman–Crippen LogP) is 1.41. The van der Waals surface area contributed by atoms with Crippen LogP contribution in [0.4, 0.5) is 0 Å². The van der Waals surface area contributed by atoms with Crippen molar-refractivity contribution in [2.24, 2.45) is 0 Å². The van der Waals surface area contributed by atoms with E-state index >= 15 is 0 Å². The first kappa shape index (κ1) is 9.86. The molecule has 0 saturated carbocycles. The Balaban J connectivity index is 2.44. The third kappa shape index (κ3) is 3.80. The van der Waals surface area contributed by atoms with Crippen LogP contribution in [0.5, 0.6) is 0 Å². The summed E-state index contributed by atoms with van der Waals surface area (Å²) in [5.41, 5.74) is 1.87. The van der Waals surface area contributed by atoms with Crippen LogP contribution in [-0.4, -0.2) is 23.8 Å². The van der Waals surface area contributed by atoms with Gasteiger partial charge in [0.2, 0.25) is 0 Å². The Kier molecular flexibility index (Phi) is 4.12. The normalized spacial score (nSPS) is 10.9. The van der Waals surface area contributed by atoms with Crippen molar-refractivity contribution in [2.75, 3.05) is 13.6 Å². The number of aromatic nitrogens is 2. The van der Waals surface area contributed by atoms with Gasteiger partial charge < -0.3 is 5.32 Å². The van der Waals surface area contributed by atoms with Gasteiger partial charge in [-0.15, -0.1) is 0 Å². The lowest BCUT2D eigenvalue weighted by Crippen LogP contribution is -2.05. The molecule has 0 aromatic carbocycles. The van der Waals surface area contributed by atoms with Crippen LogP contribution in [0.1, 0.15) is 17.8 Å². The summed E-state index contributed by atoms with van der Waals surface area (Å²) < 4.78 is 0. The van der Waals surface area contributed by atoms with Gasteiger partial charge >= 0.3 is 0 Å². The predicted molar refractivity (Wildman–Crippen MR) is 54.3 cm³/mol. The maximum atomic E-state index is 4.02. The van der Waals surface area contributed by atoms with Gasteiger partial charge in [0.05, 0.1) is 11.4 Å². The Bertz CT molecular complexity index is 264. The third-order valence-corrected chi connectivity index (χ3v) is 1.67. The molecular formula is C10H15N3. The smallest absolute Gasteiger partial charge is 0.0854 e. The second-order valence-electron chi connectivity index (χ2n) is 2.89. The van der Waals surface area contributed by atoms with Gasteiger partial charge in [-0.1, -0.05) is 6.08 Å². The van der Waals surface area contributed by atoms with Crippen molar-refractivity contribution in [1.82, 2.24) is 15.5 Å². The molecule has 70 valence electrons. The number of nitrogens with one attached hydrogen (secondary N) is 1. The first-order chi connectivity index (χ1) is 6.33. The molecule has 1 heterocycles. The van der Waals surface area contributed by atoms with Crippen molar-refractivity contribution in [3.8, 4) is 0 Å². The Hall–Kier alpha value is -1.22. The van der Waals surface area contributed by atoms with Gasteiger partial charge in [-0.3, -0.25) is 0 Å². The molecule has 0 aliphatic rings. The summed E-state index contributed by atoms with van der Waals surface area (Å²) in [6, 6.07) is 3.93.